The van der Waals surface area contributed by atoms with E-state index in [0.29, 0.717) is 51.6 Å². The second-order valence-corrected chi connectivity index (χ2v) is 9.89. The summed E-state index contributed by atoms with van der Waals surface area (Å²) >= 11 is 0. The quantitative estimate of drug-likeness (QED) is 0.179. The first-order valence-corrected chi connectivity index (χ1v) is 13.6. The molecule has 1 saturated heterocycles. The molecule has 1 fully saturated rings. The Morgan fingerprint density at radius 2 is 1.87 bits per heavy atom. The van der Waals surface area contributed by atoms with Crippen LogP contribution in [0.1, 0.15) is 71.3 Å². The van der Waals surface area contributed by atoms with Crippen LogP contribution >= 0.6 is 0 Å². The molecule has 38 heavy (non-hydrogen) atoms. The highest BCUT2D eigenvalue weighted by Gasteiger charge is 2.40. The molecule has 0 bridgehead atoms. The molecule has 1 unspecified atom stereocenters. The minimum atomic E-state index is -0.815. The summed E-state index contributed by atoms with van der Waals surface area (Å²) in [6.45, 7) is 6.52. The van der Waals surface area contributed by atoms with E-state index in [9.17, 15) is 19.2 Å². The lowest BCUT2D eigenvalue weighted by molar-refractivity contribution is -0.141. The van der Waals surface area contributed by atoms with Gasteiger partial charge in [0.1, 0.15) is 18.4 Å². The number of aliphatic imine (C=N–C) groups is 1. The molecule has 5 N–H and O–H groups in total. The van der Waals surface area contributed by atoms with Gasteiger partial charge in [0.05, 0.1) is 6.04 Å². The summed E-state index contributed by atoms with van der Waals surface area (Å²) in [5, 5.41) is 2.74. The van der Waals surface area contributed by atoms with Crippen LogP contribution in [0.25, 0.3) is 0 Å². The fourth-order valence-electron chi connectivity index (χ4n) is 4.71. The van der Waals surface area contributed by atoms with E-state index in [1.807, 2.05) is 44.2 Å². The third-order valence-electron chi connectivity index (χ3n) is 7.13. The maximum Gasteiger partial charge on any atom is 0.408 e. The lowest BCUT2D eigenvalue weighted by Crippen LogP contribution is -2.54. The Kier molecular flexibility index (Phi) is 12.8. The molecule has 210 valence electrons. The van der Waals surface area contributed by atoms with Crippen LogP contribution in [0.4, 0.5) is 4.79 Å². The number of likely N-dealkylation sites (tertiary alicyclic amines) is 1. The Balaban J connectivity index is 2.05. The molecular weight excluding hydrogens is 486 g/mol. The second-order valence-electron chi connectivity index (χ2n) is 9.89. The van der Waals surface area contributed by atoms with E-state index in [2.05, 4.69) is 10.3 Å². The summed E-state index contributed by atoms with van der Waals surface area (Å²) in [6.07, 6.45) is 2.69. The van der Waals surface area contributed by atoms with Crippen molar-refractivity contribution in [2.45, 2.75) is 84.4 Å². The second kappa shape index (κ2) is 15.7. The number of guanidine groups is 1. The number of amides is 2. The van der Waals surface area contributed by atoms with Gasteiger partial charge in [0, 0.05) is 31.8 Å². The van der Waals surface area contributed by atoms with E-state index in [-0.39, 0.29) is 42.4 Å². The van der Waals surface area contributed by atoms with Crippen LogP contribution in [0.3, 0.4) is 0 Å². The van der Waals surface area contributed by atoms with Gasteiger partial charge in [0.15, 0.2) is 11.7 Å². The lowest BCUT2D eigenvalue weighted by Gasteiger charge is -2.31. The zero-order valence-corrected chi connectivity index (χ0v) is 22.9. The molecule has 1 aromatic rings. The van der Waals surface area contributed by atoms with Crippen molar-refractivity contribution in [1.82, 2.24) is 10.2 Å². The molecular formula is C28H43N5O5. The molecule has 0 saturated carbocycles. The molecule has 4 atom stereocenters. The largest absolute Gasteiger partial charge is 0.445 e. The fraction of sp³-hybridized carbons (Fsp3) is 0.607. The maximum atomic E-state index is 13.6. The number of hydrogen-bond acceptors (Lipinski definition) is 6. The first kappa shape index (κ1) is 30.8. The average Bonchev–Trinajstić information content (AvgIpc) is 3.41. The molecule has 1 heterocycles. The Hall–Kier alpha value is -3.43. The maximum absolute atomic E-state index is 13.6. The van der Waals surface area contributed by atoms with Crippen molar-refractivity contribution in [3.05, 3.63) is 35.9 Å². The number of nitrogens with one attached hydrogen (secondary N) is 1. The molecule has 2 amide bonds. The van der Waals surface area contributed by atoms with E-state index in [4.69, 9.17) is 16.2 Å². The van der Waals surface area contributed by atoms with Gasteiger partial charge in [-0.15, -0.1) is 0 Å². The highest BCUT2D eigenvalue weighted by Crippen LogP contribution is 2.25. The first-order valence-electron chi connectivity index (χ1n) is 13.6. The summed E-state index contributed by atoms with van der Waals surface area (Å²) in [7, 11) is 0. The number of ketones is 2. The number of alkyl carbamates (subject to hydrolysis) is 1. The minimum Gasteiger partial charge on any atom is -0.445 e. The van der Waals surface area contributed by atoms with Crippen LogP contribution in [0.2, 0.25) is 0 Å². The van der Waals surface area contributed by atoms with Crippen molar-refractivity contribution in [2.24, 2.45) is 28.3 Å². The highest BCUT2D eigenvalue weighted by molar-refractivity contribution is 5.95. The first-order chi connectivity index (χ1) is 18.2. The summed E-state index contributed by atoms with van der Waals surface area (Å²) in [5.74, 6) is -1.01. The molecule has 0 radical (unpaired) electrons. The predicted molar refractivity (Wildman–Crippen MR) is 146 cm³/mol. The summed E-state index contributed by atoms with van der Waals surface area (Å²) in [4.78, 5) is 57.6. The number of ether oxygens (including phenoxy) is 1. The van der Waals surface area contributed by atoms with Gasteiger partial charge in [-0.25, -0.2) is 4.79 Å². The van der Waals surface area contributed by atoms with E-state index in [1.54, 1.807) is 11.8 Å². The van der Waals surface area contributed by atoms with Crippen LogP contribution in [0.5, 0.6) is 0 Å². The van der Waals surface area contributed by atoms with E-state index < -0.39 is 24.1 Å². The number of Topliss-reactive ketones (excluding diaryl/α,β-unsaturated/α-hetero) is 2. The number of carbonyl (C=O) groups is 4. The Labute approximate surface area is 225 Å². The third kappa shape index (κ3) is 9.46. The zero-order chi connectivity index (χ0) is 28.1. The molecule has 10 heteroatoms. The fourth-order valence-corrected chi connectivity index (χ4v) is 4.71. The van der Waals surface area contributed by atoms with E-state index in [1.165, 1.54) is 0 Å². The Morgan fingerprint density at radius 1 is 1.16 bits per heavy atom. The highest BCUT2D eigenvalue weighted by atomic mass is 16.5. The van der Waals surface area contributed by atoms with Crippen molar-refractivity contribution in [3.63, 3.8) is 0 Å². The van der Waals surface area contributed by atoms with Gasteiger partial charge in [-0.3, -0.25) is 19.4 Å². The average molecular weight is 530 g/mol. The molecule has 0 aromatic heterocycles. The van der Waals surface area contributed by atoms with Crippen molar-refractivity contribution in [2.75, 3.05) is 13.1 Å². The van der Waals surface area contributed by atoms with Crippen molar-refractivity contribution in [3.8, 4) is 0 Å². The molecule has 1 aromatic carbocycles. The van der Waals surface area contributed by atoms with E-state index >= 15 is 0 Å². The van der Waals surface area contributed by atoms with Crippen LogP contribution < -0.4 is 16.8 Å². The van der Waals surface area contributed by atoms with Crippen LogP contribution in [0, 0.1) is 11.8 Å². The normalized spacial score (nSPS) is 17.2. The van der Waals surface area contributed by atoms with Gasteiger partial charge in [-0.1, -0.05) is 57.5 Å². The molecule has 1 aliphatic heterocycles. The van der Waals surface area contributed by atoms with Crippen LogP contribution in [-0.2, 0) is 25.7 Å². The zero-order valence-electron chi connectivity index (χ0n) is 22.9. The molecule has 0 aliphatic carbocycles. The van der Waals surface area contributed by atoms with Crippen molar-refractivity contribution < 1.29 is 23.9 Å². The van der Waals surface area contributed by atoms with Crippen LogP contribution in [0.15, 0.2) is 35.3 Å². The Bertz CT molecular complexity index is 964. The topological polar surface area (TPSA) is 157 Å². The van der Waals surface area contributed by atoms with Crippen molar-refractivity contribution in [1.29, 1.82) is 0 Å². The molecule has 10 nitrogen and oxygen atoms in total. The van der Waals surface area contributed by atoms with Gasteiger partial charge >= 0.3 is 6.09 Å². The predicted octanol–water partition coefficient (Wildman–Crippen LogP) is 2.93. The summed E-state index contributed by atoms with van der Waals surface area (Å²) < 4.78 is 5.34. The van der Waals surface area contributed by atoms with Crippen molar-refractivity contribution >= 4 is 29.5 Å². The number of carbonyl (C=O) groups excluding carboxylic acids is 4. The minimum absolute atomic E-state index is 0.00651. The lowest BCUT2D eigenvalue weighted by atomic mass is 9.88. The Morgan fingerprint density at radius 3 is 2.50 bits per heavy atom. The van der Waals surface area contributed by atoms with E-state index in [0.717, 1.165) is 5.56 Å². The molecule has 1 aliphatic rings. The smallest absolute Gasteiger partial charge is 0.408 e. The van der Waals surface area contributed by atoms with Gasteiger partial charge in [0.25, 0.3) is 0 Å². The number of nitrogens with two attached hydrogens (primary N) is 2. The number of rotatable bonds is 15. The van der Waals surface area contributed by atoms with Gasteiger partial charge in [0.2, 0.25) is 5.91 Å². The monoisotopic (exact) mass is 529 g/mol. The van der Waals surface area contributed by atoms with Gasteiger partial charge in [-0.2, -0.15) is 0 Å². The number of nitrogens with zero attached hydrogens (tertiary/aromatic N) is 2. The van der Waals surface area contributed by atoms with Crippen LogP contribution in [-0.4, -0.2) is 59.6 Å². The SMILES string of the molecule is CCC(=O)[C@H](CCCN=C(N)N)CC(=O)[C@@H]1CCCN1C(=O)[C@@H](NC(=O)OCc1ccccc1)C(C)CC. The number of benzene rings is 1. The summed E-state index contributed by atoms with van der Waals surface area (Å²) in [5.41, 5.74) is 11.6. The standard InChI is InChI=1S/C28H43N5O5/c1-4-19(3)25(32-28(37)38-18-20-11-7-6-8-12-20)26(36)33-16-10-14-22(33)24(35)17-21(23(34)5-2)13-9-15-31-27(29)30/h6-8,11-12,19,21-22,25H,4-5,9-10,13-18H2,1-3H3,(H,32,37)(H4,29,30,31)/t19?,21-,22+,25+/m1/s1. The third-order valence-corrected chi connectivity index (χ3v) is 7.13. The molecule has 0 spiro atoms. The summed E-state index contributed by atoms with van der Waals surface area (Å²) in [6, 6.07) is 7.86. The molecule has 2 rings (SSSR count). The van der Waals surface area contributed by atoms with Gasteiger partial charge < -0.3 is 26.4 Å². The number of hydrogen-bond donors (Lipinski definition) is 3. The van der Waals surface area contributed by atoms with Gasteiger partial charge in [-0.05, 0) is 37.2 Å².